The Morgan fingerprint density at radius 3 is 1.15 bits per heavy atom. The molecule has 75 heavy (non-hydrogen) atoms. The molecule has 0 radical (unpaired) electrons. The lowest BCUT2D eigenvalue weighted by Crippen LogP contribution is -2.37. The first kappa shape index (κ1) is 71.2. The van der Waals surface area contributed by atoms with Crippen molar-refractivity contribution in [1.29, 1.82) is 0 Å². The molecule has 0 bridgehead atoms. The van der Waals surface area contributed by atoms with Crippen LogP contribution in [0.25, 0.3) is 0 Å². The lowest BCUT2D eigenvalue weighted by atomic mass is 10.0. The molecule has 2 unspecified atom stereocenters. The van der Waals surface area contributed by atoms with Gasteiger partial charge in [0.15, 0.2) is 6.10 Å². The molecule has 0 aromatic heterocycles. The van der Waals surface area contributed by atoms with Gasteiger partial charge in [0, 0.05) is 12.8 Å². The summed E-state index contributed by atoms with van der Waals surface area (Å²) >= 11 is 0. The molecule has 10 heteroatoms. The van der Waals surface area contributed by atoms with E-state index in [0.29, 0.717) is 23.9 Å². The molecule has 0 spiro atoms. The van der Waals surface area contributed by atoms with Crippen molar-refractivity contribution in [3.63, 3.8) is 0 Å². The molecule has 0 fully saturated rings. The van der Waals surface area contributed by atoms with Gasteiger partial charge in [-0.15, -0.1) is 0 Å². The number of nitrogens with zero attached hydrogens (tertiary/aromatic N) is 1. The highest BCUT2D eigenvalue weighted by atomic mass is 31.2. The Labute approximate surface area is 460 Å². The molecule has 0 aliphatic heterocycles. The number of phosphoric ester groups is 1. The fraction of sp³-hybridized carbons (Fsp3) is 0.631. The number of hydrogen-bond donors (Lipinski definition) is 0. The second-order valence-electron chi connectivity index (χ2n) is 20.3. The first-order valence-corrected chi connectivity index (χ1v) is 30.9. The number of hydrogen-bond acceptors (Lipinski definition) is 8. The standard InChI is InChI=1S/C65H108NO8P/c1-6-8-10-12-14-16-18-19-20-21-22-23-24-25-26-27-28-29-30-31-32-33-34-35-36-37-38-39-40-41-42-43-44-45-46-47-48-50-52-54-56-58-65(68)74-63(62-73-75(69,70)72-60-59-66(3,4)5)61-71-64(67)57-55-53-51-49-17-15-13-11-9-7-2/h8,10-11,13-14,16,19-20,22-23,25-26,28-29,31-32,34-35,37-38,40-41,63H,6-7,9,12,15,17-18,21,24,27,30,33,36,39,42-62H2,1-5H3/b10-8-,13-11-,16-14-,20-19-,23-22-,26-25-,29-28-,32-31-,35-34-,38-37-,41-40-. The highest BCUT2D eigenvalue weighted by Crippen LogP contribution is 2.38. The predicted molar refractivity (Wildman–Crippen MR) is 318 cm³/mol. The Bertz CT molecular complexity index is 1730. The van der Waals surface area contributed by atoms with E-state index in [1.165, 1.54) is 44.9 Å². The minimum atomic E-state index is -4.64. The topological polar surface area (TPSA) is 111 Å². The smallest absolute Gasteiger partial charge is 0.306 e. The predicted octanol–water partition coefficient (Wildman–Crippen LogP) is 17.9. The lowest BCUT2D eigenvalue weighted by molar-refractivity contribution is -0.870. The first-order chi connectivity index (χ1) is 36.5. The average Bonchev–Trinajstić information content (AvgIpc) is 3.37. The highest BCUT2D eigenvalue weighted by Gasteiger charge is 2.21. The third-order valence-corrected chi connectivity index (χ3v) is 12.8. The number of phosphoric acid groups is 1. The maximum atomic E-state index is 12.8. The largest absolute Gasteiger partial charge is 0.756 e. The van der Waals surface area contributed by atoms with Gasteiger partial charge in [-0.05, 0) is 109 Å². The van der Waals surface area contributed by atoms with Crippen LogP contribution in [0.3, 0.4) is 0 Å². The number of ether oxygens (including phenoxy) is 2. The summed E-state index contributed by atoms with van der Waals surface area (Å²) in [4.78, 5) is 37.7. The van der Waals surface area contributed by atoms with Crippen LogP contribution in [-0.4, -0.2) is 70.0 Å². The van der Waals surface area contributed by atoms with Crippen LogP contribution in [0.4, 0.5) is 0 Å². The number of esters is 2. The minimum absolute atomic E-state index is 0.0387. The molecule has 0 heterocycles. The molecule has 0 saturated carbocycles. The monoisotopic (exact) mass is 1060 g/mol. The van der Waals surface area contributed by atoms with Gasteiger partial charge in [0.25, 0.3) is 7.82 Å². The van der Waals surface area contributed by atoms with Crippen LogP contribution in [-0.2, 0) is 32.7 Å². The Morgan fingerprint density at radius 2 is 0.760 bits per heavy atom. The van der Waals surface area contributed by atoms with Gasteiger partial charge in [0.2, 0.25) is 0 Å². The van der Waals surface area contributed by atoms with Crippen LogP contribution in [0.5, 0.6) is 0 Å². The van der Waals surface area contributed by atoms with Crippen LogP contribution in [0.1, 0.15) is 213 Å². The van der Waals surface area contributed by atoms with Crippen molar-refractivity contribution in [2.45, 2.75) is 219 Å². The fourth-order valence-corrected chi connectivity index (χ4v) is 8.12. The summed E-state index contributed by atoms with van der Waals surface area (Å²) in [5.41, 5.74) is 0. The molecule has 0 aliphatic carbocycles. The quantitative estimate of drug-likeness (QED) is 0.0195. The summed E-state index contributed by atoms with van der Waals surface area (Å²) in [6.07, 6.45) is 79.5. The van der Waals surface area contributed by atoms with Gasteiger partial charge in [-0.2, -0.15) is 0 Å². The Morgan fingerprint density at radius 1 is 0.427 bits per heavy atom. The van der Waals surface area contributed by atoms with Crippen molar-refractivity contribution < 1.29 is 42.1 Å². The van der Waals surface area contributed by atoms with Crippen LogP contribution < -0.4 is 4.89 Å². The van der Waals surface area contributed by atoms with E-state index in [4.69, 9.17) is 18.5 Å². The van der Waals surface area contributed by atoms with Crippen molar-refractivity contribution in [2.75, 3.05) is 47.5 Å². The summed E-state index contributed by atoms with van der Waals surface area (Å²) in [5, 5.41) is 0. The molecule has 426 valence electrons. The van der Waals surface area contributed by atoms with E-state index in [9.17, 15) is 19.0 Å². The number of allylic oxidation sites excluding steroid dienone is 22. The fourth-order valence-electron chi connectivity index (χ4n) is 7.39. The molecule has 2 atom stereocenters. The lowest BCUT2D eigenvalue weighted by Gasteiger charge is -2.28. The van der Waals surface area contributed by atoms with Gasteiger partial charge in [-0.3, -0.25) is 14.2 Å². The van der Waals surface area contributed by atoms with E-state index >= 15 is 0 Å². The van der Waals surface area contributed by atoms with Crippen molar-refractivity contribution in [2.24, 2.45) is 0 Å². The number of quaternary nitrogens is 1. The second kappa shape index (κ2) is 54.9. The van der Waals surface area contributed by atoms with E-state index < -0.39 is 32.5 Å². The molecule has 9 nitrogen and oxygen atoms in total. The highest BCUT2D eigenvalue weighted by molar-refractivity contribution is 7.45. The van der Waals surface area contributed by atoms with Crippen LogP contribution in [0, 0.1) is 0 Å². The van der Waals surface area contributed by atoms with Gasteiger partial charge in [0.1, 0.15) is 19.8 Å². The van der Waals surface area contributed by atoms with Crippen molar-refractivity contribution in [3.05, 3.63) is 134 Å². The first-order valence-electron chi connectivity index (χ1n) is 29.4. The van der Waals surface area contributed by atoms with Gasteiger partial charge >= 0.3 is 11.9 Å². The summed E-state index contributed by atoms with van der Waals surface area (Å²) < 4.78 is 34.0. The van der Waals surface area contributed by atoms with E-state index in [1.54, 1.807) is 0 Å². The maximum absolute atomic E-state index is 12.8. The van der Waals surface area contributed by atoms with Gasteiger partial charge in [0.05, 0.1) is 27.7 Å². The van der Waals surface area contributed by atoms with Crippen LogP contribution in [0.2, 0.25) is 0 Å². The van der Waals surface area contributed by atoms with E-state index in [1.807, 2.05) is 21.1 Å². The van der Waals surface area contributed by atoms with Crippen LogP contribution >= 0.6 is 7.82 Å². The third kappa shape index (κ3) is 59.3. The number of carbonyl (C=O) groups excluding carboxylic acids is 2. The van der Waals surface area contributed by atoms with Gasteiger partial charge in [-0.25, -0.2) is 0 Å². The molecule has 0 N–H and O–H groups in total. The Balaban J connectivity index is 4.04. The summed E-state index contributed by atoms with van der Waals surface area (Å²) in [7, 11) is 1.14. The molecule has 0 aromatic rings. The SMILES string of the molecule is CC/C=C\C/C=C\C/C=C\C/C=C\C/C=C\C/C=C\C/C=C\C/C=C\C/C=C\C/C=C\CCCCCCCCCCCCC(=O)OC(COC(=O)CCCCCCC/C=C\CCC)COP(=O)([O-])OCC[N+](C)(C)C. The van der Waals surface area contributed by atoms with E-state index in [2.05, 4.69) is 148 Å². The Kier molecular flexibility index (Phi) is 52.1. The van der Waals surface area contributed by atoms with Gasteiger partial charge in [-0.1, -0.05) is 225 Å². The zero-order valence-electron chi connectivity index (χ0n) is 48.2. The summed E-state index contributed by atoms with van der Waals surface area (Å²) in [6.45, 7) is 4.02. The van der Waals surface area contributed by atoms with E-state index in [0.717, 1.165) is 128 Å². The Hall–Kier alpha value is -3.85. The number of carbonyl (C=O) groups is 2. The minimum Gasteiger partial charge on any atom is -0.756 e. The molecule has 0 amide bonds. The molecule has 0 aromatic carbocycles. The summed E-state index contributed by atoms with van der Waals surface area (Å²) in [6, 6.07) is 0. The maximum Gasteiger partial charge on any atom is 0.306 e. The molecular formula is C65H108NO8P. The average molecular weight is 1060 g/mol. The van der Waals surface area contributed by atoms with Gasteiger partial charge < -0.3 is 27.9 Å². The summed E-state index contributed by atoms with van der Waals surface area (Å²) in [5.74, 6) is -0.860. The van der Waals surface area contributed by atoms with Crippen molar-refractivity contribution in [1.82, 2.24) is 0 Å². The zero-order valence-corrected chi connectivity index (χ0v) is 49.1. The van der Waals surface area contributed by atoms with Crippen molar-refractivity contribution >= 4 is 19.8 Å². The third-order valence-electron chi connectivity index (χ3n) is 11.9. The number of unbranched alkanes of at least 4 members (excludes halogenated alkanes) is 16. The zero-order chi connectivity index (χ0) is 54.9. The van der Waals surface area contributed by atoms with E-state index in [-0.39, 0.29) is 26.1 Å². The second-order valence-corrected chi connectivity index (χ2v) is 21.7. The van der Waals surface area contributed by atoms with Crippen molar-refractivity contribution in [3.8, 4) is 0 Å². The molecular weight excluding hydrogens is 954 g/mol. The van der Waals surface area contributed by atoms with Crippen LogP contribution in [0.15, 0.2) is 134 Å². The molecule has 0 rings (SSSR count). The normalized spacial score (nSPS) is 14.3. The number of likely N-dealkylation sites (N-methyl/N-ethyl adjacent to an activating group) is 1. The molecule has 0 aliphatic rings. The number of rotatable bonds is 52. The molecule has 0 saturated heterocycles.